The molecule has 0 aliphatic heterocycles. The maximum absolute atomic E-state index is 12.3. The van der Waals surface area contributed by atoms with E-state index in [1.165, 1.54) is 11.3 Å². The van der Waals surface area contributed by atoms with Crippen LogP contribution in [0.3, 0.4) is 0 Å². The summed E-state index contributed by atoms with van der Waals surface area (Å²) in [5.41, 5.74) is 5.76. The molecule has 0 fully saturated rings. The van der Waals surface area contributed by atoms with Gasteiger partial charge in [0.2, 0.25) is 5.91 Å². The molecular weight excluding hydrogens is 392 g/mol. The zero-order valence-corrected chi connectivity index (χ0v) is 15.2. The standard InChI is InChI=1S/C17H13BrN2OS2/c18-14-8-6-12(7-9-14)10-16(21)19-20-15(11-23-17(20)22)13-4-2-1-3-5-13/h1-9,11H,10H2,(H,19,21). The topological polar surface area (TPSA) is 34.0 Å². The van der Waals surface area contributed by atoms with E-state index in [0.717, 1.165) is 21.3 Å². The molecule has 3 rings (SSSR count). The van der Waals surface area contributed by atoms with E-state index in [1.54, 1.807) is 4.68 Å². The number of carbonyl (C=O) groups excluding carboxylic acids is 1. The first-order chi connectivity index (χ1) is 11.1. The van der Waals surface area contributed by atoms with Gasteiger partial charge < -0.3 is 0 Å². The first-order valence-corrected chi connectivity index (χ1v) is 9.02. The second kappa shape index (κ2) is 7.21. The van der Waals surface area contributed by atoms with E-state index in [2.05, 4.69) is 21.4 Å². The SMILES string of the molecule is O=C(Cc1ccc(Br)cc1)Nn1c(-c2ccccc2)csc1=S. The largest absolute Gasteiger partial charge is 0.273 e. The fraction of sp³-hybridized carbons (Fsp3) is 0.0588. The zero-order chi connectivity index (χ0) is 16.2. The van der Waals surface area contributed by atoms with Crippen molar-refractivity contribution in [3.63, 3.8) is 0 Å². The predicted molar refractivity (Wildman–Crippen MR) is 101 cm³/mol. The Morgan fingerprint density at radius 1 is 1.13 bits per heavy atom. The molecule has 0 saturated heterocycles. The molecular formula is C17H13BrN2OS2. The molecule has 0 radical (unpaired) electrons. The van der Waals surface area contributed by atoms with E-state index in [0.29, 0.717) is 10.4 Å². The van der Waals surface area contributed by atoms with Crippen LogP contribution >= 0.6 is 39.5 Å². The average molecular weight is 405 g/mol. The summed E-state index contributed by atoms with van der Waals surface area (Å²) >= 11 is 10.2. The van der Waals surface area contributed by atoms with Crippen LogP contribution in [0.1, 0.15) is 5.56 Å². The van der Waals surface area contributed by atoms with Gasteiger partial charge in [0.1, 0.15) is 0 Å². The van der Waals surface area contributed by atoms with Gasteiger partial charge in [-0.05, 0) is 29.9 Å². The lowest BCUT2D eigenvalue weighted by Gasteiger charge is -2.10. The molecule has 0 unspecified atom stereocenters. The summed E-state index contributed by atoms with van der Waals surface area (Å²) in [6, 6.07) is 17.6. The number of benzene rings is 2. The van der Waals surface area contributed by atoms with E-state index in [1.807, 2.05) is 60.0 Å². The van der Waals surface area contributed by atoms with Crippen LogP contribution in [0, 0.1) is 3.95 Å². The fourth-order valence-corrected chi connectivity index (χ4v) is 3.43. The number of hydrogen-bond donors (Lipinski definition) is 1. The summed E-state index contributed by atoms with van der Waals surface area (Å²) in [7, 11) is 0. The molecule has 3 aromatic rings. The molecule has 116 valence electrons. The number of halogens is 1. The number of amides is 1. The van der Waals surface area contributed by atoms with Crippen LogP contribution in [-0.2, 0) is 11.2 Å². The van der Waals surface area contributed by atoms with Crippen LogP contribution in [0.4, 0.5) is 0 Å². The highest BCUT2D eigenvalue weighted by Crippen LogP contribution is 2.22. The highest BCUT2D eigenvalue weighted by atomic mass is 79.9. The van der Waals surface area contributed by atoms with Gasteiger partial charge in [-0.3, -0.25) is 10.2 Å². The van der Waals surface area contributed by atoms with Crippen molar-refractivity contribution in [1.82, 2.24) is 4.68 Å². The number of carbonyl (C=O) groups is 1. The van der Waals surface area contributed by atoms with E-state index in [-0.39, 0.29) is 5.91 Å². The Kier molecular flexibility index (Phi) is 5.05. The Hall–Kier alpha value is -1.76. The maximum atomic E-state index is 12.3. The first kappa shape index (κ1) is 16.1. The molecule has 23 heavy (non-hydrogen) atoms. The summed E-state index contributed by atoms with van der Waals surface area (Å²) < 4.78 is 3.29. The lowest BCUT2D eigenvalue weighted by molar-refractivity contribution is -0.116. The Morgan fingerprint density at radius 2 is 1.83 bits per heavy atom. The van der Waals surface area contributed by atoms with Gasteiger partial charge in [-0.15, -0.1) is 11.3 Å². The summed E-state index contributed by atoms with van der Waals surface area (Å²) in [5.74, 6) is -0.0981. The van der Waals surface area contributed by atoms with Gasteiger partial charge >= 0.3 is 0 Å². The molecule has 1 aromatic heterocycles. The van der Waals surface area contributed by atoms with E-state index in [9.17, 15) is 4.79 Å². The number of thiazole rings is 1. The summed E-state index contributed by atoms with van der Waals surface area (Å²) in [4.78, 5) is 12.3. The lowest BCUT2D eigenvalue weighted by atomic mass is 10.1. The predicted octanol–water partition coefficient (Wildman–Crippen LogP) is 5.02. The minimum atomic E-state index is -0.0981. The van der Waals surface area contributed by atoms with E-state index >= 15 is 0 Å². The number of nitrogens with one attached hydrogen (secondary N) is 1. The van der Waals surface area contributed by atoms with Crippen molar-refractivity contribution in [1.29, 1.82) is 0 Å². The number of aromatic nitrogens is 1. The fourth-order valence-electron chi connectivity index (χ4n) is 2.17. The third-order valence-corrected chi connectivity index (χ3v) is 5.00. The molecule has 0 saturated carbocycles. The third kappa shape index (κ3) is 3.96. The Balaban J connectivity index is 1.80. The molecule has 3 nitrogen and oxygen atoms in total. The molecule has 6 heteroatoms. The molecule has 0 aliphatic carbocycles. The van der Waals surface area contributed by atoms with Crippen LogP contribution in [0.15, 0.2) is 64.5 Å². The van der Waals surface area contributed by atoms with Crippen LogP contribution in [0.5, 0.6) is 0 Å². The summed E-state index contributed by atoms with van der Waals surface area (Å²) in [6.45, 7) is 0. The number of hydrogen-bond acceptors (Lipinski definition) is 3. The Bertz CT molecular complexity index is 870. The molecule has 0 aliphatic rings. The molecule has 1 amide bonds. The Labute approximate surface area is 151 Å². The van der Waals surface area contributed by atoms with Gasteiger partial charge in [0.05, 0.1) is 12.1 Å². The van der Waals surface area contributed by atoms with Crippen LogP contribution in [-0.4, -0.2) is 10.6 Å². The van der Waals surface area contributed by atoms with Crippen molar-refractivity contribution in [2.24, 2.45) is 0 Å². The second-order valence-electron chi connectivity index (χ2n) is 4.93. The lowest BCUT2D eigenvalue weighted by Crippen LogP contribution is -2.25. The first-order valence-electron chi connectivity index (χ1n) is 6.94. The minimum absolute atomic E-state index is 0.0981. The van der Waals surface area contributed by atoms with E-state index < -0.39 is 0 Å². The van der Waals surface area contributed by atoms with Crippen molar-refractivity contribution in [2.75, 3.05) is 5.43 Å². The average Bonchev–Trinajstić information content (AvgIpc) is 2.91. The normalized spacial score (nSPS) is 10.5. The highest BCUT2D eigenvalue weighted by molar-refractivity contribution is 9.10. The second-order valence-corrected chi connectivity index (χ2v) is 7.35. The van der Waals surface area contributed by atoms with Gasteiger partial charge in [-0.1, -0.05) is 58.4 Å². The number of rotatable bonds is 4. The quantitative estimate of drug-likeness (QED) is 0.619. The van der Waals surface area contributed by atoms with Crippen molar-refractivity contribution in [3.8, 4) is 11.3 Å². The van der Waals surface area contributed by atoms with Crippen molar-refractivity contribution < 1.29 is 4.79 Å². The molecule has 0 bridgehead atoms. The molecule has 1 heterocycles. The van der Waals surface area contributed by atoms with Crippen LogP contribution in [0.25, 0.3) is 11.3 Å². The van der Waals surface area contributed by atoms with Gasteiger partial charge in [0.15, 0.2) is 3.95 Å². The van der Waals surface area contributed by atoms with Gasteiger partial charge in [-0.25, -0.2) is 4.68 Å². The van der Waals surface area contributed by atoms with Crippen LogP contribution < -0.4 is 5.43 Å². The smallest absolute Gasteiger partial charge is 0.243 e. The zero-order valence-electron chi connectivity index (χ0n) is 12.0. The molecule has 0 spiro atoms. The molecule has 2 aromatic carbocycles. The molecule has 0 atom stereocenters. The van der Waals surface area contributed by atoms with Crippen molar-refractivity contribution in [3.05, 3.63) is 74.0 Å². The van der Waals surface area contributed by atoms with Gasteiger partial charge in [0.25, 0.3) is 0 Å². The Morgan fingerprint density at radius 3 is 2.52 bits per heavy atom. The maximum Gasteiger partial charge on any atom is 0.243 e. The minimum Gasteiger partial charge on any atom is -0.273 e. The van der Waals surface area contributed by atoms with Crippen molar-refractivity contribution >= 4 is 45.4 Å². The van der Waals surface area contributed by atoms with Crippen LogP contribution in [0.2, 0.25) is 0 Å². The van der Waals surface area contributed by atoms with Gasteiger partial charge in [0, 0.05) is 15.4 Å². The summed E-state index contributed by atoms with van der Waals surface area (Å²) in [5, 5.41) is 1.96. The van der Waals surface area contributed by atoms with E-state index in [4.69, 9.17) is 12.2 Å². The van der Waals surface area contributed by atoms with Gasteiger partial charge in [-0.2, -0.15) is 0 Å². The third-order valence-electron chi connectivity index (χ3n) is 3.28. The van der Waals surface area contributed by atoms with Crippen molar-refractivity contribution in [2.45, 2.75) is 6.42 Å². The monoisotopic (exact) mass is 404 g/mol. The highest BCUT2D eigenvalue weighted by Gasteiger charge is 2.10. The number of nitrogens with zero attached hydrogens (tertiary/aromatic N) is 1. The summed E-state index contributed by atoms with van der Waals surface area (Å²) in [6.07, 6.45) is 0.305. The molecule has 1 N–H and O–H groups in total.